The Kier molecular flexibility index (Phi) is 7.25. The van der Waals surface area contributed by atoms with Gasteiger partial charge in [0.15, 0.2) is 6.21 Å². The minimum Gasteiger partial charge on any atom is -0.392 e. The van der Waals surface area contributed by atoms with E-state index in [0.29, 0.717) is 23.2 Å². The number of nitrogens with zero attached hydrogens (tertiary/aromatic N) is 1. The van der Waals surface area contributed by atoms with Gasteiger partial charge in [-0.05, 0) is 29.3 Å². The molecule has 0 radical (unpaired) electrons. The number of nitrogens with one attached hydrogen (secondary N) is 1. The lowest BCUT2D eigenvalue weighted by molar-refractivity contribution is -0.458. The van der Waals surface area contributed by atoms with Crippen LogP contribution in [0, 0.1) is 0 Å². The molecule has 1 rings (SSSR count). The van der Waals surface area contributed by atoms with Gasteiger partial charge in [-0.25, -0.2) is 4.58 Å². The van der Waals surface area contributed by atoms with E-state index in [1.54, 1.807) is 6.07 Å². The van der Waals surface area contributed by atoms with E-state index in [1.807, 2.05) is 44.1 Å². The first-order valence-corrected chi connectivity index (χ1v) is 6.91. The molecule has 5 nitrogen and oxygen atoms in total. The van der Waals surface area contributed by atoms with Crippen molar-refractivity contribution in [2.75, 3.05) is 27.7 Å². The van der Waals surface area contributed by atoms with Crippen molar-refractivity contribution in [3.63, 3.8) is 0 Å². The molecule has 21 heavy (non-hydrogen) atoms. The summed E-state index contributed by atoms with van der Waals surface area (Å²) in [6.45, 7) is 0.148. The number of aliphatic hydroxyl groups is 3. The zero-order chi connectivity index (χ0) is 15.8. The molecule has 0 heterocycles. The number of allylic oxidation sites excluding steroid dienone is 1. The molecule has 0 aliphatic heterocycles. The first-order valence-electron chi connectivity index (χ1n) is 6.91. The van der Waals surface area contributed by atoms with Gasteiger partial charge in [-0.1, -0.05) is 18.2 Å². The van der Waals surface area contributed by atoms with Crippen LogP contribution in [0.1, 0.15) is 22.3 Å². The van der Waals surface area contributed by atoms with E-state index in [4.69, 9.17) is 0 Å². The van der Waals surface area contributed by atoms with E-state index in [-0.39, 0.29) is 19.8 Å². The van der Waals surface area contributed by atoms with Gasteiger partial charge in [-0.2, -0.15) is 0 Å². The molecule has 1 aromatic rings. The number of hydrogen-bond donors (Lipinski definition) is 4. The second kappa shape index (κ2) is 8.69. The third-order valence-electron chi connectivity index (χ3n) is 3.25. The van der Waals surface area contributed by atoms with Crippen molar-refractivity contribution < 1.29 is 19.9 Å². The minimum absolute atomic E-state index is 0.157. The van der Waals surface area contributed by atoms with E-state index in [1.165, 1.54) is 0 Å². The third-order valence-corrected chi connectivity index (χ3v) is 3.25. The molecule has 0 amide bonds. The standard InChI is InChI=1S/C16H25N2O3/c1-17-7-6-12(8-18(2)3)14-5-4-13(9-19)15(10-20)16(14)11-21/h4-6,8,17,19-21H,7,9-11H2,1-3H3/q+1/b12-6-. The Balaban J connectivity index is 3.47. The van der Waals surface area contributed by atoms with E-state index in [2.05, 4.69) is 5.32 Å². The van der Waals surface area contributed by atoms with Crippen LogP contribution >= 0.6 is 0 Å². The second-order valence-corrected chi connectivity index (χ2v) is 5.01. The molecule has 0 saturated heterocycles. The number of hydrogen-bond acceptors (Lipinski definition) is 4. The van der Waals surface area contributed by atoms with Crippen LogP contribution in [0.5, 0.6) is 0 Å². The Morgan fingerprint density at radius 3 is 2.24 bits per heavy atom. The average Bonchev–Trinajstić information content (AvgIpc) is 2.49. The fourth-order valence-electron chi connectivity index (χ4n) is 2.26. The molecule has 0 unspecified atom stereocenters. The quantitative estimate of drug-likeness (QED) is 0.425. The van der Waals surface area contributed by atoms with Crippen molar-refractivity contribution >= 4 is 11.8 Å². The fourth-order valence-corrected chi connectivity index (χ4v) is 2.26. The van der Waals surface area contributed by atoms with Gasteiger partial charge < -0.3 is 20.6 Å². The van der Waals surface area contributed by atoms with Gasteiger partial charge in [-0.3, -0.25) is 0 Å². The SMILES string of the molecule is CNC/C=C(/C=[N+](C)C)c1ccc(CO)c(CO)c1CO. The lowest BCUT2D eigenvalue weighted by Gasteiger charge is -2.15. The predicted molar refractivity (Wildman–Crippen MR) is 84.3 cm³/mol. The molecule has 4 N–H and O–H groups in total. The lowest BCUT2D eigenvalue weighted by Crippen LogP contribution is -2.10. The maximum Gasteiger partial charge on any atom is 0.170 e. The largest absolute Gasteiger partial charge is 0.392 e. The summed E-state index contributed by atoms with van der Waals surface area (Å²) >= 11 is 0. The summed E-state index contributed by atoms with van der Waals surface area (Å²) in [5.41, 5.74) is 3.72. The molecule has 0 bridgehead atoms. The summed E-state index contributed by atoms with van der Waals surface area (Å²) in [6.07, 6.45) is 3.99. The van der Waals surface area contributed by atoms with Crippen molar-refractivity contribution in [2.45, 2.75) is 19.8 Å². The molecule has 5 heteroatoms. The molecule has 0 spiro atoms. The summed E-state index contributed by atoms with van der Waals surface area (Å²) in [5.74, 6) is 0. The maximum absolute atomic E-state index is 9.70. The van der Waals surface area contributed by atoms with Gasteiger partial charge in [0.05, 0.1) is 19.8 Å². The van der Waals surface area contributed by atoms with Crippen molar-refractivity contribution in [3.8, 4) is 0 Å². The molecule has 116 valence electrons. The number of aliphatic hydroxyl groups excluding tert-OH is 3. The van der Waals surface area contributed by atoms with Crippen LogP contribution in [0.3, 0.4) is 0 Å². The van der Waals surface area contributed by atoms with Gasteiger partial charge in [0.2, 0.25) is 0 Å². The van der Waals surface area contributed by atoms with Crippen molar-refractivity contribution in [1.29, 1.82) is 0 Å². The number of rotatable bonds is 7. The molecule has 0 aliphatic carbocycles. The summed E-state index contributed by atoms with van der Waals surface area (Å²) in [5, 5.41) is 31.7. The lowest BCUT2D eigenvalue weighted by atomic mass is 9.92. The van der Waals surface area contributed by atoms with Gasteiger partial charge >= 0.3 is 0 Å². The van der Waals surface area contributed by atoms with Gasteiger partial charge in [-0.15, -0.1) is 0 Å². The highest BCUT2D eigenvalue weighted by atomic mass is 16.3. The smallest absolute Gasteiger partial charge is 0.170 e. The Morgan fingerprint density at radius 1 is 1.10 bits per heavy atom. The minimum atomic E-state index is -0.207. The zero-order valence-electron chi connectivity index (χ0n) is 12.9. The van der Waals surface area contributed by atoms with Crippen LogP contribution in [0.2, 0.25) is 0 Å². The molecule has 0 aromatic heterocycles. The van der Waals surface area contributed by atoms with Crippen LogP contribution in [-0.4, -0.2) is 53.8 Å². The van der Waals surface area contributed by atoms with Crippen molar-refractivity contribution in [3.05, 3.63) is 40.5 Å². The van der Waals surface area contributed by atoms with E-state index >= 15 is 0 Å². The molecule has 0 fully saturated rings. The van der Waals surface area contributed by atoms with Gasteiger partial charge in [0, 0.05) is 12.1 Å². The Labute approximate surface area is 125 Å². The Bertz CT molecular complexity index is 533. The van der Waals surface area contributed by atoms with E-state index < -0.39 is 0 Å². The monoisotopic (exact) mass is 293 g/mol. The third kappa shape index (κ3) is 4.47. The normalized spacial score (nSPS) is 11.6. The topological polar surface area (TPSA) is 75.7 Å². The molecular weight excluding hydrogens is 268 g/mol. The Morgan fingerprint density at radius 2 is 1.76 bits per heavy atom. The summed E-state index contributed by atoms with van der Waals surface area (Å²) in [7, 11) is 5.73. The molecule has 0 aliphatic rings. The van der Waals surface area contributed by atoms with Crippen LogP contribution in [0.25, 0.3) is 5.57 Å². The molecule has 0 saturated carbocycles. The first-order chi connectivity index (χ1) is 10.1. The summed E-state index contributed by atoms with van der Waals surface area (Å²) < 4.78 is 1.93. The highest BCUT2D eigenvalue weighted by molar-refractivity contribution is 6.08. The Hall–Kier alpha value is -1.53. The fraction of sp³-hybridized carbons (Fsp3) is 0.438. The molecule has 0 atom stereocenters. The number of likely N-dealkylation sites (N-methyl/N-ethyl adjacent to an activating group) is 1. The highest BCUT2D eigenvalue weighted by Gasteiger charge is 2.15. The van der Waals surface area contributed by atoms with Crippen LogP contribution in [0.4, 0.5) is 0 Å². The van der Waals surface area contributed by atoms with Gasteiger partial charge in [0.1, 0.15) is 14.1 Å². The molecular formula is C16H25N2O3+. The van der Waals surface area contributed by atoms with E-state index in [9.17, 15) is 15.3 Å². The van der Waals surface area contributed by atoms with E-state index in [0.717, 1.165) is 11.1 Å². The maximum atomic E-state index is 9.70. The predicted octanol–water partition coefficient (Wildman–Crippen LogP) is 0.109. The number of benzene rings is 1. The second-order valence-electron chi connectivity index (χ2n) is 5.01. The van der Waals surface area contributed by atoms with Crippen LogP contribution < -0.4 is 5.32 Å². The average molecular weight is 293 g/mol. The van der Waals surface area contributed by atoms with Crippen LogP contribution in [-0.2, 0) is 19.8 Å². The van der Waals surface area contributed by atoms with Crippen molar-refractivity contribution in [2.24, 2.45) is 0 Å². The zero-order valence-corrected chi connectivity index (χ0v) is 12.9. The highest BCUT2D eigenvalue weighted by Crippen LogP contribution is 2.25. The van der Waals surface area contributed by atoms with Gasteiger partial charge in [0.25, 0.3) is 0 Å². The first kappa shape index (κ1) is 17.5. The molecule has 1 aromatic carbocycles. The van der Waals surface area contributed by atoms with Crippen molar-refractivity contribution in [1.82, 2.24) is 5.32 Å². The summed E-state index contributed by atoms with van der Waals surface area (Å²) in [6, 6.07) is 3.66. The summed E-state index contributed by atoms with van der Waals surface area (Å²) in [4.78, 5) is 0. The van der Waals surface area contributed by atoms with Crippen LogP contribution in [0.15, 0.2) is 18.2 Å².